The van der Waals surface area contributed by atoms with Crippen LogP contribution in [-0.4, -0.2) is 29.6 Å². The highest BCUT2D eigenvalue weighted by molar-refractivity contribution is 5.78. The normalized spacial score (nSPS) is 44.1. The molecule has 5 unspecified atom stereocenters. The molecule has 1 saturated heterocycles. The lowest BCUT2D eigenvalue weighted by Gasteiger charge is -2.62. The Kier molecular flexibility index (Phi) is 4.50. The molecule has 4 nitrogen and oxygen atoms in total. The fourth-order valence-electron chi connectivity index (χ4n) is 6.18. The Morgan fingerprint density at radius 3 is 2.46 bits per heavy atom. The second-order valence-corrected chi connectivity index (χ2v) is 9.50. The summed E-state index contributed by atoms with van der Waals surface area (Å²) >= 11 is 0. The van der Waals surface area contributed by atoms with Crippen molar-refractivity contribution < 1.29 is 19.1 Å². The van der Waals surface area contributed by atoms with Crippen LogP contribution in [-0.2, 0) is 19.1 Å². The number of fused-ring (bicyclic) bond motifs is 2. The molecule has 1 aliphatic heterocycles. The van der Waals surface area contributed by atoms with Crippen LogP contribution in [0.1, 0.15) is 66.7 Å². The van der Waals surface area contributed by atoms with Crippen molar-refractivity contribution in [1.82, 2.24) is 0 Å². The van der Waals surface area contributed by atoms with Gasteiger partial charge < -0.3 is 9.47 Å². The lowest BCUT2D eigenvalue weighted by Crippen LogP contribution is -2.64. The summed E-state index contributed by atoms with van der Waals surface area (Å²) in [4.78, 5) is 23.9. The van der Waals surface area contributed by atoms with Gasteiger partial charge in [0, 0.05) is 23.8 Å². The number of esters is 1. The van der Waals surface area contributed by atoms with E-state index >= 15 is 0 Å². The smallest absolute Gasteiger partial charge is 0.303 e. The van der Waals surface area contributed by atoms with Crippen LogP contribution < -0.4 is 0 Å². The van der Waals surface area contributed by atoms with Gasteiger partial charge in [0.05, 0.1) is 5.60 Å². The van der Waals surface area contributed by atoms with E-state index in [1.807, 2.05) is 19.1 Å². The summed E-state index contributed by atoms with van der Waals surface area (Å²) in [5.41, 5.74) is -0.740. The second-order valence-electron chi connectivity index (χ2n) is 9.50. The maximum Gasteiger partial charge on any atom is 0.303 e. The van der Waals surface area contributed by atoms with Gasteiger partial charge >= 0.3 is 5.97 Å². The highest BCUT2D eigenvalue weighted by atomic mass is 16.5. The first-order valence-corrected chi connectivity index (χ1v) is 9.72. The number of carbonyl (C=O) groups excluding carboxylic acids is 2. The summed E-state index contributed by atoms with van der Waals surface area (Å²) in [5.74, 6) is -0.206. The van der Waals surface area contributed by atoms with Gasteiger partial charge in [0.1, 0.15) is 18.0 Å². The molecule has 0 bridgehead atoms. The Morgan fingerprint density at radius 2 is 1.92 bits per heavy atom. The Bertz CT molecular complexity index is 663. The van der Waals surface area contributed by atoms with Gasteiger partial charge in [-0.15, -0.1) is 6.58 Å². The van der Waals surface area contributed by atoms with Crippen molar-refractivity contribution in [2.45, 2.75) is 84.0 Å². The molecule has 0 aromatic carbocycles. The van der Waals surface area contributed by atoms with Crippen molar-refractivity contribution in [3.63, 3.8) is 0 Å². The molecule has 144 valence electrons. The molecule has 2 fully saturated rings. The highest BCUT2D eigenvalue weighted by Gasteiger charge is 2.67. The Balaban J connectivity index is 2.20. The molecular formula is C22H32O4. The molecule has 3 aliphatic rings. The fourth-order valence-corrected chi connectivity index (χ4v) is 6.18. The van der Waals surface area contributed by atoms with E-state index in [0.717, 1.165) is 38.4 Å². The van der Waals surface area contributed by atoms with Gasteiger partial charge in [-0.25, -0.2) is 0 Å². The fraction of sp³-hybridized carbons (Fsp3) is 0.727. The minimum atomic E-state index is -0.642. The average molecular weight is 360 g/mol. The van der Waals surface area contributed by atoms with E-state index in [-0.39, 0.29) is 22.7 Å². The first-order chi connectivity index (χ1) is 12.0. The largest absolute Gasteiger partial charge is 0.458 e. The third-order valence-corrected chi connectivity index (χ3v) is 7.35. The molecule has 0 aromatic heterocycles. The quantitative estimate of drug-likeness (QED) is 0.426. The van der Waals surface area contributed by atoms with Crippen molar-refractivity contribution in [2.24, 2.45) is 16.7 Å². The van der Waals surface area contributed by atoms with E-state index in [0.29, 0.717) is 5.57 Å². The average Bonchev–Trinajstić information content (AvgIpc) is 2.90. The molecule has 2 aliphatic carbocycles. The molecule has 5 atom stereocenters. The van der Waals surface area contributed by atoms with Crippen LogP contribution in [0.2, 0.25) is 0 Å². The summed E-state index contributed by atoms with van der Waals surface area (Å²) in [5, 5.41) is 0. The zero-order chi connectivity index (χ0) is 19.4. The van der Waals surface area contributed by atoms with Crippen LogP contribution in [0.3, 0.4) is 0 Å². The lowest BCUT2D eigenvalue weighted by molar-refractivity contribution is -0.206. The van der Waals surface area contributed by atoms with Gasteiger partial charge in [0.15, 0.2) is 0 Å². The Labute approximate surface area is 157 Å². The minimum Gasteiger partial charge on any atom is -0.458 e. The van der Waals surface area contributed by atoms with Crippen molar-refractivity contribution >= 4 is 12.3 Å². The minimum absolute atomic E-state index is 0.0123. The van der Waals surface area contributed by atoms with Crippen LogP contribution in [0, 0.1) is 16.7 Å². The maximum atomic E-state index is 12.1. The predicted octanol–water partition coefficient (Wildman–Crippen LogP) is 4.38. The highest BCUT2D eigenvalue weighted by Crippen LogP contribution is 2.66. The monoisotopic (exact) mass is 360 g/mol. The van der Waals surface area contributed by atoms with E-state index in [1.54, 1.807) is 0 Å². The van der Waals surface area contributed by atoms with Crippen LogP contribution in [0.25, 0.3) is 0 Å². The van der Waals surface area contributed by atoms with Crippen LogP contribution in [0.4, 0.5) is 0 Å². The standard InChI is InChI=1S/C22H32O4/c1-7-20(5)11-12-22(26-20)16(14-23)13-17(25-15(2)24)18-19(3,4)9-8-10-21(18,22)6/h7,13-14,17-18H,1,8-12H2,2-6H3. The van der Waals surface area contributed by atoms with Crippen LogP contribution >= 0.6 is 0 Å². The summed E-state index contributed by atoms with van der Waals surface area (Å²) in [6, 6.07) is 0. The molecule has 1 saturated carbocycles. The molecule has 0 aromatic rings. The van der Waals surface area contributed by atoms with Crippen molar-refractivity contribution in [3.8, 4) is 0 Å². The molecule has 0 radical (unpaired) electrons. The molecule has 1 heterocycles. The number of rotatable bonds is 3. The summed E-state index contributed by atoms with van der Waals surface area (Å²) in [6.45, 7) is 14.2. The molecule has 3 rings (SSSR count). The van der Waals surface area contributed by atoms with Crippen molar-refractivity contribution in [3.05, 3.63) is 24.3 Å². The van der Waals surface area contributed by atoms with Crippen LogP contribution in [0.15, 0.2) is 24.3 Å². The van der Waals surface area contributed by atoms with E-state index in [1.165, 1.54) is 6.92 Å². The zero-order valence-electron chi connectivity index (χ0n) is 16.8. The van der Waals surface area contributed by atoms with Gasteiger partial charge in [-0.2, -0.15) is 0 Å². The molecule has 0 N–H and O–H groups in total. The SMILES string of the molecule is C=CC1(C)CCC2(O1)C(C=O)=CC(OC(C)=O)C1C(C)(C)CCCC12C. The molecule has 26 heavy (non-hydrogen) atoms. The predicted molar refractivity (Wildman–Crippen MR) is 101 cm³/mol. The molecule has 0 amide bonds. The van der Waals surface area contributed by atoms with Crippen molar-refractivity contribution in [2.75, 3.05) is 0 Å². The van der Waals surface area contributed by atoms with Gasteiger partial charge in [-0.3, -0.25) is 9.59 Å². The number of hydrogen-bond donors (Lipinski definition) is 0. The number of hydrogen-bond acceptors (Lipinski definition) is 4. The summed E-state index contributed by atoms with van der Waals surface area (Å²) in [6.07, 6.45) is 8.97. The van der Waals surface area contributed by atoms with Gasteiger partial charge in [0.2, 0.25) is 0 Å². The third-order valence-electron chi connectivity index (χ3n) is 7.35. The molecular weight excluding hydrogens is 328 g/mol. The molecule has 1 spiro atoms. The first kappa shape index (κ1) is 19.3. The summed E-state index contributed by atoms with van der Waals surface area (Å²) in [7, 11) is 0. The van der Waals surface area contributed by atoms with Gasteiger partial charge in [-0.05, 0) is 44.1 Å². The van der Waals surface area contributed by atoms with E-state index < -0.39 is 17.3 Å². The zero-order valence-corrected chi connectivity index (χ0v) is 16.8. The topological polar surface area (TPSA) is 52.6 Å². The Hall–Kier alpha value is -1.42. The van der Waals surface area contributed by atoms with Crippen LogP contribution in [0.5, 0.6) is 0 Å². The lowest BCUT2D eigenvalue weighted by atomic mass is 9.46. The number of aldehydes is 1. The number of ether oxygens (including phenoxy) is 2. The van der Waals surface area contributed by atoms with E-state index in [9.17, 15) is 9.59 Å². The van der Waals surface area contributed by atoms with Gasteiger partial charge in [0.25, 0.3) is 0 Å². The first-order valence-electron chi connectivity index (χ1n) is 9.72. The second kappa shape index (κ2) is 6.05. The maximum absolute atomic E-state index is 12.1. The van der Waals surface area contributed by atoms with Gasteiger partial charge in [-0.1, -0.05) is 33.3 Å². The van der Waals surface area contributed by atoms with E-state index in [2.05, 4.69) is 27.4 Å². The van der Waals surface area contributed by atoms with Crippen molar-refractivity contribution in [1.29, 1.82) is 0 Å². The molecule has 4 heteroatoms. The van der Waals surface area contributed by atoms with E-state index in [4.69, 9.17) is 9.47 Å². The Morgan fingerprint density at radius 1 is 1.23 bits per heavy atom. The number of carbonyl (C=O) groups is 2. The third kappa shape index (κ3) is 2.60. The summed E-state index contributed by atoms with van der Waals surface area (Å²) < 4.78 is 12.4.